The van der Waals surface area contributed by atoms with Crippen LogP contribution in [0.3, 0.4) is 0 Å². The maximum Gasteiger partial charge on any atom is 0.269 e. The lowest BCUT2D eigenvalue weighted by atomic mass is 10.0. The van der Waals surface area contributed by atoms with Crippen molar-refractivity contribution >= 4 is 17.5 Å². The highest BCUT2D eigenvalue weighted by atomic mass is 16.2. The summed E-state index contributed by atoms with van der Waals surface area (Å²) in [6, 6.07) is 11.3. The first-order chi connectivity index (χ1) is 12.7. The van der Waals surface area contributed by atoms with E-state index in [2.05, 4.69) is 23.3 Å². The van der Waals surface area contributed by atoms with E-state index in [1.165, 1.54) is 11.8 Å². The Labute approximate surface area is 154 Å². The monoisotopic (exact) mass is 351 g/mol. The highest BCUT2D eigenvalue weighted by Gasteiger charge is 2.24. The van der Waals surface area contributed by atoms with Gasteiger partial charge in [-0.3, -0.25) is 14.6 Å². The van der Waals surface area contributed by atoms with Crippen LogP contribution >= 0.6 is 0 Å². The van der Waals surface area contributed by atoms with Crippen molar-refractivity contribution in [3.05, 3.63) is 59.4 Å². The molecule has 1 N–H and O–H groups in total. The molecule has 0 spiro atoms. The number of anilines is 1. The largest absolute Gasteiger partial charge is 0.351 e. The van der Waals surface area contributed by atoms with Gasteiger partial charge in [-0.25, -0.2) is 0 Å². The first kappa shape index (κ1) is 18.1. The van der Waals surface area contributed by atoms with Crippen LogP contribution in [0.2, 0.25) is 0 Å². The zero-order valence-electron chi connectivity index (χ0n) is 15.2. The van der Waals surface area contributed by atoms with Crippen LogP contribution in [0.5, 0.6) is 0 Å². The number of amides is 2. The fourth-order valence-corrected chi connectivity index (χ4v) is 3.26. The topological polar surface area (TPSA) is 62.3 Å². The van der Waals surface area contributed by atoms with Crippen molar-refractivity contribution < 1.29 is 9.59 Å². The minimum absolute atomic E-state index is 0.0837. The standard InChI is InChI=1S/C21H25N3O2/c1-2-3-6-12-23-20(25)18-15-17(11-13-22-18)21(26)24-14-7-9-16-8-4-5-10-19(16)24/h4-5,8,10-11,13,15H,2-3,6-7,9,12,14H2,1H3,(H,23,25). The van der Waals surface area contributed by atoms with Gasteiger partial charge in [0.05, 0.1) is 0 Å². The van der Waals surface area contributed by atoms with E-state index in [-0.39, 0.29) is 17.5 Å². The number of carbonyl (C=O) groups excluding carboxylic acids is 2. The molecular weight excluding hydrogens is 326 g/mol. The second-order valence-electron chi connectivity index (χ2n) is 6.58. The molecule has 0 bridgehead atoms. The van der Waals surface area contributed by atoms with Crippen LogP contribution in [-0.4, -0.2) is 29.9 Å². The highest BCUT2D eigenvalue weighted by molar-refractivity contribution is 6.07. The number of hydrogen-bond acceptors (Lipinski definition) is 3. The number of benzene rings is 1. The van der Waals surface area contributed by atoms with Gasteiger partial charge in [-0.2, -0.15) is 0 Å². The zero-order chi connectivity index (χ0) is 18.4. The number of hydrogen-bond donors (Lipinski definition) is 1. The fraction of sp³-hybridized carbons (Fsp3) is 0.381. The molecule has 136 valence electrons. The lowest BCUT2D eigenvalue weighted by molar-refractivity contribution is 0.0948. The number of fused-ring (bicyclic) bond motifs is 1. The molecule has 3 rings (SSSR count). The number of unbranched alkanes of at least 4 members (excludes halogenated alkanes) is 2. The number of aromatic nitrogens is 1. The maximum atomic E-state index is 13.0. The molecule has 0 saturated heterocycles. The maximum absolute atomic E-state index is 13.0. The number of carbonyl (C=O) groups is 2. The number of para-hydroxylation sites is 1. The minimum atomic E-state index is -0.227. The predicted molar refractivity (Wildman–Crippen MR) is 103 cm³/mol. The first-order valence-corrected chi connectivity index (χ1v) is 9.34. The van der Waals surface area contributed by atoms with Crippen molar-refractivity contribution in [1.29, 1.82) is 0 Å². The molecule has 0 radical (unpaired) electrons. The Hall–Kier alpha value is -2.69. The van der Waals surface area contributed by atoms with Crippen molar-refractivity contribution in [2.75, 3.05) is 18.0 Å². The lowest BCUT2D eigenvalue weighted by Crippen LogP contribution is -2.35. The summed E-state index contributed by atoms with van der Waals surface area (Å²) in [5.74, 6) is -0.311. The van der Waals surface area contributed by atoms with E-state index in [1.807, 2.05) is 18.2 Å². The van der Waals surface area contributed by atoms with Gasteiger partial charge in [0.1, 0.15) is 5.69 Å². The van der Waals surface area contributed by atoms with Crippen molar-refractivity contribution in [2.24, 2.45) is 0 Å². The molecule has 2 aromatic rings. The second-order valence-corrected chi connectivity index (χ2v) is 6.58. The molecule has 1 aliphatic rings. The van der Waals surface area contributed by atoms with Gasteiger partial charge in [0.2, 0.25) is 0 Å². The van der Waals surface area contributed by atoms with Crippen LogP contribution in [0.1, 0.15) is 59.0 Å². The number of nitrogens with one attached hydrogen (secondary N) is 1. The first-order valence-electron chi connectivity index (χ1n) is 9.34. The van der Waals surface area contributed by atoms with Crippen LogP contribution < -0.4 is 10.2 Å². The molecule has 5 heteroatoms. The van der Waals surface area contributed by atoms with E-state index in [4.69, 9.17) is 0 Å². The number of pyridine rings is 1. The van der Waals surface area contributed by atoms with Gasteiger partial charge >= 0.3 is 0 Å². The van der Waals surface area contributed by atoms with Crippen LogP contribution in [0.25, 0.3) is 0 Å². The minimum Gasteiger partial charge on any atom is -0.351 e. The van der Waals surface area contributed by atoms with E-state index >= 15 is 0 Å². The third kappa shape index (κ3) is 4.10. The Morgan fingerprint density at radius 3 is 2.88 bits per heavy atom. The summed E-state index contributed by atoms with van der Waals surface area (Å²) in [6.07, 6.45) is 6.60. The number of rotatable bonds is 6. The predicted octanol–water partition coefficient (Wildman–Crippen LogP) is 3.59. The summed E-state index contributed by atoms with van der Waals surface area (Å²) in [4.78, 5) is 31.2. The van der Waals surface area contributed by atoms with Gasteiger partial charge in [0, 0.05) is 30.5 Å². The van der Waals surface area contributed by atoms with Crippen molar-refractivity contribution in [1.82, 2.24) is 10.3 Å². The van der Waals surface area contributed by atoms with E-state index in [9.17, 15) is 9.59 Å². The molecule has 0 saturated carbocycles. The van der Waals surface area contributed by atoms with Crippen LogP contribution in [0, 0.1) is 0 Å². The summed E-state index contributed by atoms with van der Waals surface area (Å²) < 4.78 is 0. The summed E-state index contributed by atoms with van der Waals surface area (Å²) in [5, 5.41) is 2.87. The molecule has 1 aliphatic heterocycles. The quantitative estimate of drug-likeness (QED) is 0.809. The molecule has 1 aromatic carbocycles. The fourth-order valence-electron chi connectivity index (χ4n) is 3.26. The molecule has 0 atom stereocenters. The molecule has 26 heavy (non-hydrogen) atoms. The summed E-state index contributed by atoms with van der Waals surface area (Å²) >= 11 is 0. The lowest BCUT2D eigenvalue weighted by Gasteiger charge is -2.29. The smallest absolute Gasteiger partial charge is 0.269 e. The summed E-state index contributed by atoms with van der Waals surface area (Å²) in [7, 11) is 0. The Morgan fingerprint density at radius 2 is 2.04 bits per heavy atom. The Balaban J connectivity index is 1.74. The average Bonchev–Trinajstić information content (AvgIpc) is 2.70. The van der Waals surface area contributed by atoms with Crippen LogP contribution in [0.4, 0.5) is 5.69 Å². The van der Waals surface area contributed by atoms with Gasteiger partial charge < -0.3 is 10.2 Å². The van der Waals surface area contributed by atoms with Crippen molar-refractivity contribution in [3.8, 4) is 0 Å². The molecule has 2 amide bonds. The van der Waals surface area contributed by atoms with Gasteiger partial charge in [-0.15, -0.1) is 0 Å². The molecule has 5 nitrogen and oxygen atoms in total. The molecule has 2 heterocycles. The molecule has 1 aromatic heterocycles. The van der Waals surface area contributed by atoms with Gasteiger partial charge in [-0.1, -0.05) is 38.0 Å². The van der Waals surface area contributed by atoms with Gasteiger partial charge in [-0.05, 0) is 43.0 Å². The summed E-state index contributed by atoms with van der Waals surface area (Å²) in [5.41, 5.74) is 2.94. The SMILES string of the molecule is CCCCCNC(=O)c1cc(C(=O)N2CCCc3ccccc32)ccn1. The molecule has 0 fully saturated rings. The molecule has 0 unspecified atom stereocenters. The third-order valence-corrected chi connectivity index (χ3v) is 4.66. The summed E-state index contributed by atoms with van der Waals surface area (Å²) in [6.45, 7) is 3.44. The molecular formula is C21H25N3O2. The van der Waals surface area contributed by atoms with E-state index < -0.39 is 0 Å². The molecule has 0 aliphatic carbocycles. The van der Waals surface area contributed by atoms with E-state index in [0.29, 0.717) is 18.7 Å². The van der Waals surface area contributed by atoms with Crippen molar-refractivity contribution in [2.45, 2.75) is 39.0 Å². The normalized spacial score (nSPS) is 13.2. The van der Waals surface area contributed by atoms with Crippen LogP contribution in [0.15, 0.2) is 42.6 Å². The van der Waals surface area contributed by atoms with E-state index in [0.717, 1.165) is 37.8 Å². The third-order valence-electron chi connectivity index (χ3n) is 4.66. The zero-order valence-corrected chi connectivity index (χ0v) is 15.2. The van der Waals surface area contributed by atoms with Crippen molar-refractivity contribution in [3.63, 3.8) is 0 Å². The second kappa shape index (κ2) is 8.61. The Bertz CT molecular complexity index is 788. The average molecular weight is 351 g/mol. The number of nitrogens with zero attached hydrogens (tertiary/aromatic N) is 2. The number of aryl methyl sites for hydroxylation is 1. The van der Waals surface area contributed by atoms with Gasteiger partial charge in [0.15, 0.2) is 0 Å². The van der Waals surface area contributed by atoms with Gasteiger partial charge in [0.25, 0.3) is 11.8 Å². The Kier molecular flexibility index (Phi) is 6.00. The van der Waals surface area contributed by atoms with E-state index in [1.54, 1.807) is 17.0 Å². The van der Waals surface area contributed by atoms with Crippen LogP contribution in [-0.2, 0) is 6.42 Å². The highest BCUT2D eigenvalue weighted by Crippen LogP contribution is 2.28. The Morgan fingerprint density at radius 1 is 1.19 bits per heavy atom.